The van der Waals surface area contributed by atoms with E-state index in [0.717, 1.165) is 5.69 Å². The molecule has 0 bridgehead atoms. The SMILES string of the molecule is Cc1cc2nc(SCC#N)n(-c3ccc(F)cc3)c(=O)c2[nH]1. The van der Waals surface area contributed by atoms with Crippen molar-refractivity contribution < 1.29 is 4.39 Å². The van der Waals surface area contributed by atoms with Gasteiger partial charge >= 0.3 is 0 Å². The Morgan fingerprint density at radius 1 is 1.41 bits per heavy atom. The van der Waals surface area contributed by atoms with Crippen LogP contribution in [-0.2, 0) is 0 Å². The molecule has 0 unspecified atom stereocenters. The fourth-order valence-electron chi connectivity index (χ4n) is 2.19. The van der Waals surface area contributed by atoms with Gasteiger partial charge in [-0.1, -0.05) is 11.8 Å². The summed E-state index contributed by atoms with van der Waals surface area (Å²) in [6.45, 7) is 1.84. The van der Waals surface area contributed by atoms with Gasteiger partial charge in [0.1, 0.15) is 11.3 Å². The number of H-pyrrole nitrogens is 1. The zero-order valence-corrected chi connectivity index (χ0v) is 12.4. The molecule has 0 aliphatic rings. The fourth-order valence-corrected chi connectivity index (χ4v) is 2.86. The minimum atomic E-state index is -0.382. The molecule has 110 valence electrons. The van der Waals surface area contributed by atoms with Crippen molar-refractivity contribution in [3.8, 4) is 11.8 Å². The quantitative estimate of drug-likeness (QED) is 0.596. The molecule has 0 radical (unpaired) electrons. The lowest BCUT2D eigenvalue weighted by Crippen LogP contribution is -2.21. The van der Waals surface area contributed by atoms with Crippen LogP contribution in [0.25, 0.3) is 16.7 Å². The van der Waals surface area contributed by atoms with Gasteiger partial charge < -0.3 is 4.98 Å². The van der Waals surface area contributed by atoms with E-state index in [2.05, 4.69) is 9.97 Å². The highest BCUT2D eigenvalue weighted by molar-refractivity contribution is 7.99. The number of aromatic nitrogens is 3. The Kier molecular flexibility index (Phi) is 3.69. The van der Waals surface area contributed by atoms with E-state index in [0.29, 0.717) is 21.9 Å². The Balaban J connectivity index is 2.29. The Bertz CT molecular complexity index is 937. The van der Waals surface area contributed by atoms with Crippen LogP contribution in [0.3, 0.4) is 0 Å². The third kappa shape index (κ3) is 2.49. The molecule has 2 heterocycles. The minimum absolute atomic E-state index is 0.169. The van der Waals surface area contributed by atoms with Crippen molar-refractivity contribution in [1.82, 2.24) is 14.5 Å². The highest BCUT2D eigenvalue weighted by Gasteiger charge is 2.14. The number of nitriles is 1. The molecule has 0 aliphatic heterocycles. The summed E-state index contributed by atoms with van der Waals surface area (Å²) in [6, 6.07) is 9.38. The number of hydrogen-bond donors (Lipinski definition) is 1. The van der Waals surface area contributed by atoms with Crippen molar-refractivity contribution in [2.24, 2.45) is 0 Å². The number of aryl methyl sites for hydroxylation is 1. The molecule has 22 heavy (non-hydrogen) atoms. The minimum Gasteiger partial charge on any atom is -0.353 e. The van der Waals surface area contributed by atoms with E-state index in [1.807, 2.05) is 13.0 Å². The van der Waals surface area contributed by atoms with Crippen LogP contribution in [0.5, 0.6) is 0 Å². The lowest BCUT2D eigenvalue weighted by molar-refractivity contribution is 0.627. The van der Waals surface area contributed by atoms with Crippen LogP contribution in [0.15, 0.2) is 40.3 Å². The number of halogens is 1. The number of aromatic amines is 1. The molecule has 2 aromatic heterocycles. The van der Waals surface area contributed by atoms with Crippen molar-refractivity contribution in [2.75, 3.05) is 5.75 Å². The first-order valence-electron chi connectivity index (χ1n) is 6.48. The number of benzene rings is 1. The van der Waals surface area contributed by atoms with Crippen molar-refractivity contribution in [1.29, 1.82) is 5.26 Å². The molecule has 0 amide bonds. The van der Waals surface area contributed by atoms with Gasteiger partial charge in [0.2, 0.25) is 0 Å². The number of hydrogen-bond acceptors (Lipinski definition) is 4. The van der Waals surface area contributed by atoms with Crippen molar-refractivity contribution in [3.63, 3.8) is 0 Å². The van der Waals surface area contributed by atoms with E-state index < -0.39 is 0 Å². The van der Waals surface area contributed by atoms with Crippen LogP contribution in [-0.4, -0.2) is 20.3 Å². The number of nitrogens with zero attached hydrogens (tertiary/aromatic N) is 3. The van der Waals surface area contributed by atoms with Crippen LogP contribution < -0.4 is 5.56 Å². The van der Waals surface area contributed by atoms with Gasteiger partial charge in [0, 0.05) is 5.69 Å². The maximum absolute atomic E-state index is 13.1. The molecule has 1 N–H and O–H groups in total. The molecule has 0 atom stereocenters. The Morgan fingerprint density at radius 3 is 2.82 bits per heavy atom. The van der Waals surface area contributed by atoms with Gasteiger partial charge in [-0.05, 0) is 37.3 Å². The first kappa shape index (κ1) is 14.4. The summed E-state index contributed by atoms with van der Waals surface area (Å²) in [4.78, 5) is 20.1. The van der Waals surface area contributed by atoms with Crippen molar-refractivity contribution in [2.45, 2.75) is 12.1 Å². The van der Waals surface area contributed by atoms with Gasteiger partial charge in [0.15, 0.2) is 5.16 Å². The fraction of sp³-hybridized carbons (Fsp3) is 0.133. The average molecular weight is 314 g/mol. The molecule has 0 aliphatic carbocycles. The molecule has 1 aromatic carbocycles. The normalized spacial score (nSPS) is 10.8. The predicted molar refractivity (Wildman–Crippen MR) is 82.7 cm³/mol. The van der Waals surface area contributed by atoms with Crippen LogP contribution in [0.4, 0.5) is 4.39 Å². The molecular formula is C15H11FN4OS. The highest BCUT2D eigenvalue weighted by Crippen LogP contribution is 2.21. The molecule has 7 heteroatoms. The van der Waals surface area contributed by atoms with E-state index in [9.17, 15) is 9.18 Å². The largest absolute Gasteiger partial charge is 0.353 e. The molecule has 0 saturated carbocycles. The van der Waals surface area contributed by atoms with Crippen molar-refractivity contribution in [3.05, 3.63) is 52.2 Å². The number of nitrogens with one attached hydrogen (secondary N) is 1. The molecule has 3 aromatic rings. The monoisotopic (exact) mass is 314 g/mol. The summed E-state index contributed by atoms with van der Waals surface area (Å²) in [5.74, 6) is -0.212. The molecule has 5 nitrogen and oxygen atoms in total. The zero-order chi connectivity index (χ0) is 15.7. The number of fused-ring (bicyclic) bond motifs is 1. The molecule has 3 rings (SSSR count). The Labute approximate surface area is 129 Å². The van der Waals surface area contributed by atoms with E-state index in [1.54, 1.807) is 6.07 Å². The van der Waals surface area contributed by atoms with Gasteiger partial charge in [0.05, 0.1) is 23.0 Å². The van der Waals surface area contributed by atoms with Gasteiger partial charge in [-0.3, -0.25) is 9.36 Å². The van der Waals surface area contributed by atoms with Gasteiger partial charge in [0.25, 0.3) is 5.56 Å². The van der Waals surface area contributed by atoms with Gasteiger partial charge in [-0.2, -0.15) is 5.26 Å². The lowest BCUT2D eigenvalue weighted by atomic mass is 10.3. The average Bonchev–Trinajstić information content (AvgIpc) is 2.87. The van der Waals surface area contributed by atoms with Crippen LogP contribution in [0.1, 0.15) is 5.69 Å². The van der Waals surface area contributed by atoms with Gasteiger partial charge in [-0.15, -0.1) is 0 Å². The Hall–Kier alpha value is -2.59. The maximum atomic E-state index is 13.1. The van der Waals surface area contributed by atoms with Gasteiger partial charge in [-0.25, -0.2) is 9.37 Å². The summed E-state index contributed by atoms with van der Waals surface area (Å²) in [6.07, 6.45) is 0. The second kappa shape index (κ2) is 5.66. The summed E-state index contributed by atoms with van der Waals surface area (Å²) in [5.41, 5.74) is 2.01. The summed E-state index contributed by atoms with van der Waals surface area (Å²) < 4.78 is 14.5. The van der Waals surface area contributed by atoms with Crippen LogP contribution in [0.2, 0.25) is 0 Å². The standard InChI is InChI=1S/C15H11FN4OS/c1-9-8-12-13(18-9)14(21)20(15(19-12)22-7-6-17)11-4-2-10(16)3-5-11/h2-5,8,18H,7H2,1H3. The van der Waals surface area contributed by atoms with E-state index >= 15 is 0 Å². The van der Waals surface area contributed by atoms with Crippen LogP contribution >= 0.6 is 11.8 Å². The van der Waals surface area contributed by atoms with Crippen molar-refractivity contribution >= 4 is 22.8 Å². The van der Waals surface area contributed by atoms with Crippen LogP contribution in [0, 0.1) is 24.1 Å². The summed E-state index contributed by atoms with van der Waals surface area (Å²) in [7, 11) is 0. The summed E-state index contributed by atoms with van der Waals surface area (Å²) >= 11 is 1.17. The van der Waals surface area contributed by atoms with E-state index in [-0.39, 0.29) is 17.1 Å². The highest BCUT2D eigenvalue weighted by atomic mass is 32.2. The smallest absolute Gasteiger partial charge is 0.283 e. The predicted octanol–water partition coefficient (Wildman–Crippen LogP) is 2.78. The third-order valence-corrected chi connectivity index (χ3v) is 3.91. The maximum Gasteiger partial charge on any atom is 0.283 e. The van der Waals surface area contributed by atoms with E-state index in [4.69, 9.17) is 5.26 Å². The molecule has 0 fully saturated rings. The molecule has 0 saturated heterocycles. The third-order valence-electron chi connectivity index (χ3n) is 3.11. The first-order valence-corrected chi connectivity index (χ1v) is 7.47. The number of thioether (sulfide) groups is 1. The zero-order valence-electron chi connectivity index (χ0n) is 11.6. The Morgan fingerprint density at radius 2 is 2.14 bits per heavy atom. The molecule has 0 spiro atoms. The first-order chi connectivity index (χ1) is 10.6. The topological polar surface area (TPSA) is 74.5 Å². The number of rotatable bonds is 3. The second-order valence-electron chi connectivity index (χ2n) is 4.67. The lowest BCUT2D eigenvalue weighted by Gasteiger charge is -2.10. The molecular weight excluding hydrogens is 303 g/mol. The van der Waals surface area contributed by atoms with E-state index in [1.165, 1.54) is 40.6 Å². The second-order valence-corrected chi connectivity index (χ2v) is 5.61. The summed E-state index contributed by atoms with van der Waals surface area (Å²) in [5, 5.41) is 9.18.